The molecule has 0 spiro atoms. The summed E-state index contributed by atoms with van der Waals surface area (Å²) in [7, 11) is 0. The summed E-state index contributed by atoms with van der Waals surface area (Å²) in [6, 6.07) is 0. The number of piperazine rings is 1. The average molecular weight is 208 g/mol. The molecule has 1 fully saturated rings. The van der Waals surface area contributed by atoms with Crippen LogP contribution in [0.25, 0.3) is 0 Å². The highest BCUT2D eigenvalue weighted by molar-refractivity contribution is 5.05. The maximum Gasteiger partial charge on any atom is 0.255 e. The summed E-state index contributed by atoms with van der Waals surface area (Å²) in [5, 5.41) is 3.28. The Kier molecular flexibility index (Phi) is 3.13. The predicted octanol–water partition coefficient (Wildman–Crippen LogP) is -0.516. The zero-order valence-corrected chi connectivity index (χ0v) is 8.92. The zero-order chi connectivity index (χ0) is 10.7. The van der Waals surface area contributed by atoms with Crippen LogP contribution in [0.1, 0.15) is 11.4 Å². The van der Waals surface area contributed by atoms with Crippen LogP contribution >= 0.6 is 0 Å². The van der Waals surface area contributed by atoms with Gasteiger partial charge in [-0.25, -0.2) is 4.98 Å². The van der Waals surface area contributed by atoms with E-state index >= 15 is 0 Å². The van der Waals surface area contributed by atoms with Gasteiger partial charge in [0.25, 0.3) is 5.56 Å². The van der Waals surface area contributed by atoms with Crippen LogP contribution in [0.4, 0.5) is 0 Å². The van der Waals surface area contributed by atoms with Gasteiger partial charge in [-0.05, 0) is 6.92 Å². The third-order valence-corrected chi connectivity index (χ3v) is 2.60. The van der Waals surface area contributed by atoms with Crippen molar-refractivity contribution in [2.24, 2.45) is 0 Å². The van der Waals surface area contributed by atoms with Crippen LogP contribution in [-0.4, -0.2) is 41.0 Å². The van der Waals surface area contributed by atoms with Crippen molar-refractivity contribution in [3.8, 4) is 0 Å². The van der Waals surface area contributed by atoms with Gasteiger partial charge in [-0.15, -0.1) is 0 Å². The number of rotatable bonds is 2. The maximum absolute atomic E-state index is 11.6. The molecule has 5 nitrogen and oxygen atoms in total. The Morgan fingerprint density at radius 2 is 2.20 bits per heavy atom. The number of H-pyrrole nitrogens is 1. The molecule has 0 unspecified atom stereocenters. The highest BCUT2D eigenvalue weighted by Crippen LogP contribution is 1.99. The molecular formula is C10H16N4O. The van der Waals surface area contributed by atoms with Crippen molar-refractivity contribution in [3.05, 3.63) is 27.9 Å². The number of aromatic amines is 1. The first-order valence-electron chi connectivity index (χ1n) is 5.23. The fraction of sp³-hybridized carbons (Fsp3) is 0.600. The third-order valence-electron chi connectivity index (χ3n) is 2.60. The van der Waals surface area contributed by atoms with Crippen LogP contribution in [0.15, 0.2) is 11.0 Å². The molecule has 0 radical (unpaired) electrons. The molecule has 2 rings (SSSR count). The minimum Gasteiger partial charge on any atom is -0.314 e. The predicted molar refractivity (Wildman–Crippen MR) is 57.7 cm³/mol. The van der Waals surface area contributed by atoms with Gasteiger partial charge in [0.05, 0.1) is 0 Å². The first kappa shape index (κ1) is 10.3. The number of aryl methyl sites for hydroxylation is 1. The Morgan fingerprint density at radius 1 is 1.47 bits per heavy atom. The minimum atomic E-state index is -0.0129. The van der Waals surface area contributed by atoms with Crippen molar-refractivity contribution in [1.29, 1.82) is 0 Å². The van der Waals surface area contributed by atoms with Crippen molar-refractivity contribution in [3.63, 3.8) is 0 Å². The smallest absolute Gasteiger partial charge is 0.255 e. The molecular weight excluding hydrogens is 192 g/mol. The minimum absolute atomic E-state index is 0.0129. The van der Waals surface area contributed by atoms with E-state index in [1.807, 2.05) is 0 Å². The van der Waals surface area contributed by atoms with Crippen LogP contribution in [0.3, 0.4) is 0 Å². The fourth-order valence-electron chi connectivity index (χ4n) is 1.73. The van der Waals surface area contributed by atoms with Gasteiger partial charge >= 0.3 is 0 Å². The SMILES string of the molecule is Cc1ncc(CN2CCNCC2)c(=O)[nH]1. The lowest BCUT2D eigenvalue weighted by Crippen LogP contribution is -2.43. The molecule has 1 aromatic heterocycles. The monoisotopic (exact) mass is 208 g/mol. The highest BCUT2D eigenvalue weighted by Gasteiger charge is 2.11. The van der Waals surface area contributed by atoms with E-state index in [0.717, 1.165) is 31.7 Å². The van der Waals surface area contributed by atoms with Gasteiger partial charge in [0.15, 0.2) is 0 Å². The van der Waals surface area contributed by atoms with Gasteiger partial charge in [-0.3, -0.25) is 9.69 Å². The van der Waals surface area contributed by atoms with Gasteiger partial charge in [-0.2, -0.15) is 0 Å². The van der Waals surface area contributed by atoms with Crippen LogP contribution in [0.5, 0.6) is 0 Å². The average Bonchev–Trinajstić information content (AvgIpc) is 2.24. The van der Waals surface area contributed by atoms with Crippen molar-refractivity contribution < 1.29 is 0 Å². The molecule has 2 N–H and O–H groups in total. The van der Waals surface area contributed by atoms with Gasteiger partial charge in [0.2, 0.25) is 0 Å². The van der Waals surface area contributed by atoms with Gasteiger partial charge in [0, 0.05) is 44.5 Å². The number of aromatic nitrogens is 2. The largest absolute Gasteiger partial charge is 0.314 e. The Labute approximate surface area is 88.5 Å². The third kappa shape index (κ3) is 2.64. The van der Waals surface area contributed by atoms with E-state index < -0.39 is 0 Å². The molecule has 1 aromatic rings. The topological polar surface area (TPSA) is 61.0 Å². The van der Waals surface area contributed by atoms with E-state index in [9.17, 15) is 4.79 Å². The standard InChI is InChI=1S/C10H16N4O/c1-8-12-6-9(10(15)13-8)7-14-4-2-11-3-5-14/h6,11H,2-5,7H2,1H3,(H,12,13,15). The summed E-state index contributed by atoms with van der Waals surface area (Å²) in [6.45, 7) is 6.47. The summed E-state index contributed by atoms with van der Waals surface area (Å²) in [5.74, 6) is 0.670. The van der Waals surface area contributed by atoms with Gasteiger partial charge in [-0.1, -0.05) is 0 Å². The number of hydrogen-bond donors (Lipinski definition) is 2. The second kappa shape index (κ2) is 4.55. The number of nitrogens with zero attached hydrogens (tertiary/aromatic N) is 2. The van der Waals surface area contributed by atoms with E-state index in [-0.39, 0.29) is 5.56 Å². The van der Waals surface area contributed by atoms with E-state index in [2.05, 4.69) is 20.2 Å². The van der Waals surface area contributed by atoms with Crippen LogP contribution in [0.2, 0.25) is 0 Å². The molecule has 15 heavy (non-hydrogen) atoms. The Bertz CT molecular complexity index is 381. The molecule has 2 heterocycles. The summed E-state index contributed by atoms with van der Waals surface area (Å²) in [4.78, 5) is 20.7. The van der Waals surface area contributed by atoms with Crippen LogP contribution < -0.4 is 10.9 Å². The van der Waals surface area contributed by atoms with E-state index in [4.69, 9.17) is 0 Å². The molecule has 5 heteroatoms. The first-order chi connectivity index (χ1) is 7.25. The molecule has 0 amide bonds. The summed E-state index contributed by atoms with van der Waals surface area (Å²) in [6.07, 6.45) is 1.68. The second-order valence-electron chi connectivity index (χ2n) is 3.85. The molecule has 0 aromatic carbocycles. The first-order valence-corrected chi connectivity index (χ1v) is 5.23. The molecule has 0 bridgehead atoms. The molecule has 0 atom stereocenters. The van der Waals surface area contributed by atoms with Crippen molar-refractivity contribution >= 4 is 0 Å². The molecule has 0 saturated carbocycles. The van der Waals surface area contributed by atoms with Crippen LogP contribution in [-0.2, 0) is 6.54 Å². The van der Waals surface area contributed by atoms with Crippen molar-refractivity contribution in [2.75, 3.05) is 26.2 Å². The Balaban J connectivity index is 2.06. The zero-order valence-electron chi connectivity index (χ0n) is 8.92. The van der Waals surface area contributed by atoms with E-state index in [0.29, 0.717) is 12.4 Å². The lowest BCUT2D eigenvalue weighted by Gasteiger charge is -2.26. The van der Waals surface area contributed by atoms with Crippen LogP contribution in [0, 0.1) is 6.92 Å². The maximum atomic E-state index is 11.6. The summed E-state index contributed by atoms with van der Waals surface area (Å²) < 4.78 is 0. The lowest BCUT2D eigenvalue weighted by molar-refractivity contribution is 0.232. The van der Waals surface area contributed by atoms with Gasteiger partial charge in [0.1, 0.15) is 5.82 Å². The van der Waals surface area contributed by atoms with E-state index in [1.54, 1.807) is 13.1 Å². The number of nitrogens with one attached hydrogen (secondary N) is 2. The summed E-state index contributed by atoms with van der Waals surface area (Å²) >= 11 is 0. The molecule has 1 aliphatic heterocycles. The lowest BCUT2D eigenvalue weighted by atomic mass is 10.2. The van der Waals surface area contributed by atoms with Crippen molar-refractivity contribution in [2.45, 2.75) is 13.5 Å². The fourth-order valence-corrected chi connectivity index (χ4v) is 1.73. The molecule has 1 aliphatic rings. The van der Waals surface area contributed by atoms with Gasteiger partial charge < -0.3 is 10.3 Å². The number of hydrogen-bond acceptors (Lipinski definition) is 4. The quantitative estimate of drug-likeness (QED) is 0.687. The second-order valence-corrected chi connectivity index (χ2v) is 3.85. The molecule has 1 saturated heterocycles. The Hall–Kier alpha value is -1.20. The van der Waals surface area contributed by atoms with E-state index in [1.165, 1.54) is 0 Å². The molecule has 82 valence electrons. The molecule has 0 aliphatic carbocycles. The van der Waals surface area contributed by atoms with Crippen molar-refractivity contribution in [1.82, 2.24) is 20.2 Å². The highest BCUT2D eigenvalue weighted by atomic mass is 16.1. The summed E-state index contributed by atoms with van der Waals surface area (Å²) in [5.41, 5.74) is 0.739. The Morgan fingerprint density at radius 3 is 2.87 bits per heavy atom. The normalized spacial score (nSPS) is 17.9.